The largest absolute Gasteiger partial charge is 0.493 e. The molecule has 1 saturated carbocycles. The fourth-order valence-corrected chi connectivity index (χ4v) is 8.73. The molecule has 0 amide bonds. The number of carbonyl (C=O) groups is 1. The van der Waals surface area contributed by atoms with E-state index >= 15 is 0 Å². The predicted molar refractivity (Wildman–Crippen MR) is 174 cm³/mol. The summed E-state index contributed by atoms with van der Waals surface area (Å²) in [5, 5.41) is 15.6. The first kappa shape index (κ1) is 30.6. The number of halogens is 3. The Kier molecular flexibility index (Phi) is 8.62. The van der Waals surface area contributed by atoms with Crippen LogP contribution in [0, 0.1) is 11.8 Å². The third-order valence-electron chi connectivity index (χ3n) is 10.4. The molecule has 228 valence electrons. The minimum Gasteiger partial charge on any atom is -0.493 e. The molecule has 1 fully saturated rings. The second-order valence-corrected chi connectivity index (χ2v) is 14.3. The maximum Gasteiger partial charge on any atom is 0.329 e. The minimum absolute atomic E-state index is 0.170. The molecule has 0 bridgehead atoms. The zero-order valence-corrected chi connectivity index (χ0v) is 27.0. The van der Waals surface area contributed by atoms with E-state index in [1.807, 2.05) is 30.5 Å². The van der Waals surface area contributed by atoms with Crippen molar-refractivity contribution in [2.24, 2.45) is 11.8 Å². The molecule has 3 aliphatic carbocycles. The van der Waals surface area contributed by atoms with Gasteiger partial charge in [-0.3, -0.25) is 4.98 Å². The SMILES string of the molecule is C[C@@H](COc1ccnc2c1[C@H](C)CCC2)C[C@H]1Cc2c(ccc(Cl)c2Cl)C12CCC(Nc1cccc(Cl)c1)(C(=O)O)CC2. The van der Waals surface area contributed by atoms with Gasteiger partial charge in [-0.15, -0.1) is 0 Å². The lowest BCUT2D eigenvalue weighted by molar-refractivity contribution is -0.144. The van der Waals surface area contributed by atoms with E-state index in [-0.39, 0.29) is 5.41 Å². The van der Waals surface area contributed by atoms with Crippen molar-refractivity contribution < 1.29 is 14.6 Å². The van der Waals surface area contributed by atoms with Gasteiger partial charge < -0.3 is 15.2 Å². The number of rotatable bonds is 8. The lowest BCUT2D eigenvalue weighted by atomic mass is 9.59. The quantitative estimate of drug-likeness (QED) is 0.256. The van der Waals surface area contributed by atoms with Crippen molar-refractivity contribution >= 4 is 46.5 Å². The molecule has 8 heteroatoms. The van der Waals surface area contributed by atoms with Gasteiger partial charge in [0.2, 0.25) is 0 Å². The summed E-state index contributed by atoms with van der Waals surface area (Å²) in [5.41, 5.74) is 4.30. The Morgan fingerprint density at radius 3 is 2.67 bits per heavy atom. The highest BCUT2D eigenvalue weighted by Crippen LogP contribution is 2.58. The number of benzene rings is 2. The van der Waals surface area contributed by atoms with Gasteiger partial charge in [-0.1, -0.05) is 60.8 Å². The van der Waals surface area contributed by atoms with Gasteiger partial charge in [0.25, 0.3) is 0 Å². The van der Waals surface area contributed by atoms with Crippen molar-refractivity contribution in [3.05, 3.63) is 86.1 Å². The normalized spacial score (nSPS) is 26.9. The summed E-state index contributed by atoms with van der Waals surface area (Å²) in [6.07, 6.45) is 9.50. The van der Waals surface area contributed by atoms with Crippen molar-refractivity contribution in [1.82, 2.24) is 4.98 Å². The topological polar surface area (TPSA) is 71.5 Å². The molecule has 2 aromatic carbocycles. The molecule has 0 saturated heterocycles. The number of fused-ring (bicyclic) bond motifs is 3. The van der Waals surface area contributed by atoms with Gasteiger partial charge >= 0.3 is 5.97 Å². The number of anilines is 1. The standard InChI is InChI=1S/C35H39Cl3N2O3/c1-21(20-43-30-11-16-39-29-8-3-5-22(2)31(29)30)17-23-18-26-27(9-10-28(37)32(26)38)34(23)12-14-35(15-13-34,33(41)42)40-25-7-4-6-24(36)19-25/h4,6-7,9-11,16,19,21-23,40H,3,5,8,12-15,17-18,20H2,1-2H3,(H,41,42)/t21-,22-,23+,34?,35?/m1/s1. The maximum atomic E-state index is 12.8. The number of nitrogens with one attached hydrogen (secondary N) is 1. The Balaban J connectivity index is 1.23. The number of pyridine rings is 1. The van der Waals surface area contributed by atoms with Crippen LogP contribution in [0.2, 0.25) is 15.1 Å². The number of aryl methyl sites for hydroxylation is 1. The molecule has 3 aromatic rings. The Bertz CT molecular complexity index is 1520. The van der Waals surface area contributed by atoms with E-state index in [2.05, 4.69) is 30.2 Å². The molecule has 3 atom stereocenters. The molecule has 5 nitrogen and oxygen atoms in total. The first-order valence-electron chi connectivity index (χ1n) is 15.5. The number of carboxylic acids is 1. The summed E-state index contributed by atoms with van der Waals surface area (Å²) < 4.78 is 6.50. The summed E-state index contributed by atoms with van der Waals surface area (Å²) in [5.74, 6) is 1.20. The van der Waals surface area contributed by atoms with Crippen molar-refractivity contribution in [2.75, 3.05) is 11.9 Å². The lowest BCUT2D eigenvalue weighted by Gasteiger charge is -2.47. The van der Waals surface area contributed by atoms with Crippen LogP contribution in [0.1, 0.15) is 87.1 Å². The van der Waals surface area contributed by atoms with Gasteiger partial charge in [-0.25, -0.2) is 4.79 Å². The highest BCUT2D eigenvalue weighted by Gasteiger charge is 2.54. The fourth-order valence-electron chi connectivity index (χ4n) is 8.12. The molecule has 0 unspecified atom stereocenters. The van der Waals surface area contributed by atoms with Crippen LogP contribution in [-0.4, -0.2) is 28.2 Å². The average molecular weight is 642 g/mol. The molecule has 43 heavy (non-hydrogen) atoms. The zero-order valence-electron chi connectivity index (χ0n) is 24.8. The van der Waals surface area contributed by atoms with Crippen molar-refractivity contribution in [3.63, 3.8) is 0 Å². The van der Waals surface area contributed by atoms with Gasteiger partial charge in [0.05, 0.1) is 16.7 Å². The lowest BCUT2D eigenvalue weighted by Crippen LogP contribution is -2.53. The molecular weight excluding hydrogens is 603 g/mol. The number of hydrogen-bond acceptors (Lipinski definition) is 4. The number of aliphatic carboxylic acids is 1. The van der Waals surface area contributed by atoms with Gasteiger partial charge in [0, 0.05) is 28.2 Å². The van der Waals surface area contributed by atoms with Crippen molar-refractivity contribution in [2.45, 2.75) is 88.5 Å². The van der Waals surface area contributed by atoms with E-state index in [0.29, 0.717) is 52.3 Å². The van der Waals surface area contributed by atoms with Gasteiger partial charge in [-0.2, -0.15) is 0 Å². The van der Waals surface area contributed by atoms with Crippen LogP contribution in [0.3, 0.4) is 0 Å². The molecular formula is C35H39Cl3N2O3. The molecule has 0 radical (unpaired) electrons. The van der Waals surface area contributed by atoms with Crippen LogP contribution in [0.5, 0.6) is 5.75 Å². The number of nitrogens with zero attached hydrogens (tertiary/aromatic N) is 1. The first-order chi connectivity index (χ1) is 20.6. The summed E-state index contributed by atoms with van der Waals surface area (Å²) in [6, 6.07) is 13.3. The number of aromatic nitrogens is 1. The zero-order chi connectivity index (χ0) is 30.4. The average Bonchev–Trinajstić information content (AvgIpc) is 3.28. The van der Waals surface area contributed by atoms with E-state index in [1.165, 1.54) is 29.7 Å². The summed E-state index contributed by atoms with van der Waals surface area (Å²) in [4.78, 5) is 17.4. The van der Waals surface area contributed by atoms with E-state index < -0.39 is 11.5 Å². The minimum atomic E-state index is -1.06. The van der Waals surface area contributed by atoms with Crippen LogP contribution in [0.25, 0.3) is 0 Å². The molecule has 3 aliphatic rings. The van der Waals surface area contributed by atoms with E-state index in [1.54, 1.807) is 12.1 Å². The molecule has 1 spiro atoms. The molecule has 1 heterocycles. The number of ether oxygens (including phenoxy) is 1. The highest BCUT2D eigenvalue weighted by atomic mass is 35.5. The molecule has 0 aliphatic heterocycles. The predicted octanol–water partition coefficient (Wildman–Crippen LogP) is 9.51. The maximum absolute atomic E-state index is 12.8. The Hall–Kier alpha value is -2.47. The Morgan fingerprint density at radius 1 is 1.14 bits per heavy atom. The highest BCUT2D eigenvalue weighted by molar-refractivity contribution is 6.42. The molecule has 1 aromatic heterocycles. The van der Waals surface area contributed by atoms with Crippen molar-refractivity contribution in [1.29, 1.82) is 0 Å². The van der Waals surface area contributed by atoms with E-state index in [4.69, 9.17) is 39.5 Å². The van der Waals surface area contributed by atoms with Gasteiger partial charge in [0.15, 0.2) is 0 Å². The smallest absolute Gasteiger partial charge is 0.329 e. The third-order valence-corrected chi connectivity index (χ3v) is 11.4. The van der Waals surface area contributed by atoms with Crippen LogP contribution in [0.4, 0.5) is 5.69 Å². The third kappa shape index (κ3) is 5.74. The second kappa shape index (κ2) is 12.1. The monoisotopic (exact) mass is 640 g/mol. The summed E-state index contributed by atoms with van der Waals surface area (Å²) in [7, 11) is 0. The van der Waals surface area contributed by atoms with Crippen LogP contribution in [-0.2, 0) is 23.1 Å². The van der Waals surface area contributed by atoms with E-state index in [0.717, 1.165) is 49.1 Å². The van der Waals surface area contributed by atoms with Crippen LogP contribution < -0.4 is 10.1 Å². The summed E-state index contributed by atoms with van der Waals surface area (Å²) in [6.45, 7) is 5.15. The fraction of sp³-hybridized carbons (Fsp3) is 0.486. The first-order valence-corrected chi connectivity index (χ1v) is 16.6. The van der Waals surface area contributed by atoms with Crippen LogP contribution in [0.15, 0.2) is 48.7 Å². The molecule has 6 rings (SSSR count). The Labute approximate surface area is 269 Å². The molecule has 2 N–H and O–H groups in total. The summed E-state index contributed by atoms with van der Waals surface area (Å²) >= 11 is 19.5. The van der Waals surface area contributed by atoms with E-state index in [9.17, 15) is 9.90 Å². The van der Waals surface area contributed by atoms with Crippen molar-refractivity contribution in [3.8, 4) is 5.75 Å². The number of carboxylic acid groups (broad SMARTS) is 1. The van der Waals surface area contributed by atoms with Crippen LogP contribution >= 0.6 is 34.8 Å². The Morgan fingerprint density at radius 2 is 1.93 bits per heavy atom. The number of hydrogen-bond donors (Lipinski definition) is 2. The van der Waals surface area contributed by atoms with Gasteiger partial charge in [-0.05, 0) is 122 Å². The second-order valence-electron chi connectivity index (χ2n) is 13.1. The van der Waals surface area contributed by atoms with Gasteiger partial charge in [0.1, 0.15) is 11.3 Å².